The van der Waals surface area contributed by atoms with Crippen LogP contribution in [0.1, 0.15) is 18.4 Å². The SMILES string of the molecule is O=C(NCc1ccc(OC(F)F)cc1)[C@@H]1CCCO1. The zero-order valence-electron chi connectivity index (χ0n) is 10.3. The van der Waals surface area contributed by atoms with E-state index in [1.807, 2.05) is 0 Å². The van der Waals surface area contributed by atoms with E-state index in [0.29, 0.717) is 13.2 Å². The lowest BCUT2D eigenvalue weighted by Gasteiger charge is -2.10. The Morgan fingerprint density at radius 3 is 2.74 bits per heavy atom. The molecule has 2 rings (SSSR count). The highest BCUT2D eigenvalue weighted by Crippen LogP contribution is 2.15. The summed E-state index contributed by atoms with van der Waals surface area (Å²) in [5.41, 5.74) is 0.813. The van der Waals surface area contributed by atoms with Gasteiger partial charge in [0.05, 0.1) is 0 Å². The Balaban J connectivity index is 1.80. The summed E-state index contributed by atoms with van der Waals surface area (Å²) in [7, 11) is 0. The molecular weight excluding hydrogens is 256 g/mol. The topological polar surface area (TPSA) is 47.6 Å². The number of ether oxygens (including phenoxy) is 2. The van der Waals surface area contributed by atoms with Crippen LogP contribution in [0.5, 0.6) is 5.75 Å². The van der Waals surface area contributed by atoms with E-state index >= 15 is 0 Å². The first-order valence-corrected chi connectivity index (χ1v) is 6.08. The summed E-state index contributed by atoms with van der Waals surface area (Å²) in [5, 5.41) is 2.75. The third-order valence-electron chi connectivity index (χ3n) is 2.84. The molecule has 19 heavy (non-hydrogen) atoms. The van der Waals surface area contributed by atoms with Gasteiger partial charge >= 0.3 is 6.61 Å². The van der Waals surface area contributed by atoms with Crippen molar-refractivity contribution >= 4 is 5.91 Å². The van der Waals surface area contributed by atoms with Crippen molar-refractivity contribution in [2.24, 2.45) is 0 Å². The third kappa shape index (κ3) is 4.17. The number of benzene rings is 1. The highest BCUT2D eigenvalue weighted by molar-refractivity contribution is 5.80. The van der Waals surface area contributed by atoms with Gasteiger partial charge in [0.15, 0.2) is 0 Å². The molecule has 4 nitrogen and oxygen atoms in total. The largest absolute Gasteiger partial charge is 0.435 e. The number of halogens is 2. The van der Waals surface area contributed by atoms with Crippen molar-refractivity contribution < 1.29 is 23.0 Å². The molecule has 1 aliphatic rings. The Bertz CT molecular complexity index is 416. The van der Waals surface area contributed by atoms with Crippen LogP contribution in [-0.4, -0.2) is 25.2 Å². The number of alkyl halides is 2. The van der Waals surface area contributed by atoms with Gasteiger partial charge < -0.3 is 14.8 Å². The highest BCUT2D eigenvalue weighted by Gasteiger charge is 2.22. The number of hydrogen-bond acceptors (Lipinski definition) is 3. The summed E-state index contributed by atoms with van der Waals surface area (Å²) in [6, 6.07) is 6.15. The Labute approximate surface area is 109 Å². The van der Waals surface area contributed by atoms with Crippen molar-refractivity contribution in [3.05, 3.63) is 29.8 Å². The van der Waals surface area contributed by atoms with Crippen LogP contribution in [0.4, 0.5) is 8.78 Å². The molecule has 1 amide bonds. The number of nitrogens with one attached hydrogen (secondary N) is 1. The fraction of sp³-hybridized carbons (Fsp3) is 0.462. The molecule has 0 unspecified atom stereocenters. The summed E-state index contributed by atoms with van der Waals surface area (Å²) >= 11 is 0. The lowest BCUT2D eigenvalue weighted by Crippen LogP contribution is -2.33. The molecule has 0 aliphatic carbocycles. The summed E-state index contributed by atoms with van der Waals surface area (Å²) in [5.74, 6) is -0.0328. The van der Waals surface area contributed by atoms with E-state index < -0.39 is 6.61 Å². The summed E-state index contributed by atoms with van der Waals surface area (Å²) < 4.78 is 33.4. The normalized spacial score (nSPS) is 18.6. The minimum atomic E-state index is -2.83. The molecule has 1 aliphatic heterocycles. The molecule has 0 radical (unpaired) electrons. The zero-order valence-corrected chi connectivity index (χ0v) is 10.3. The maximum Gasteiger partial charge on any atom is 0.387 e. The molecular formula is C13H15F2NO3. The van der Waals surface area contributed by atoms with Gasteiger partial charge in [0.1, 0.15) is 11.9 Å². The van der Waals surface area contributed by atoms with E-state index in [4.69, 9.17) is 4.74 Å². The summed E-state index contributed by atoms with van der Waals surface area (Å²) in [6.45, 7) is -1.86. The van der Waals surface area contributed by atoms with Gasteiger partial charge in [-0.2, -0.15) is 8.78 Å². The predicted molar refractivity (Wildman–Crippen MR) is 63.9 cm³/mol. The second kappa shape index (κ2) is 6.47. The quantitative estimate of drug-likeness (QED) is 0.892. The maximum atomic E-state index is 12.0. The fourth-order valence-electron chi connectivity index (χ4n) is 1.88. The van der Waals surface area contributed by atoms with Crippen LogP contribution in [0.2, 0.25) is 0 Å². The van der Waals surface area contributed by atoms with E-state index in [-0.39, 0.29) is 17.8 Å². The molecule has 0 aromatic heterocycles. The molecule has 104 valence electrons. The Morgan fingerprint density at radius 2 is 2.16 bits per heavy atom. The molecule has 1 saturated heterocycles. The smallest absolute Gasteiger partial charge is 0.387 e. The van der Waals surface area contributed by atoms with Gasteiger partial charge in [-0.15, -0.1) is 0 Å². The van der Waals surface area contributed by atoms with Crippen LogP contribution in [0.25, 0.3) is 0 Å². The van der Waals surface area contributed by atoms with Crippen molar-refractivity contribution in [2.75, 3.05) is 6.61 Å². The monoisotopic (exact) mass is 271 g/mol. The molecule has 0 saturated carbocycles. The molecule has 1 fully saturated rings. The Hall–Kier alpha value is -1.69. The molecule has 0 bridgehead atoms. The van der Waals surface area contributed by atoms with Crippen molar-refractivity contribution in [2.45, 2.75) is 32.1 Å². The minimum Gasteiger partial charge on any atom is -0.435 e. The van der Waals surface area contributed by atoms with Gasteiger partial charge in [-0.25, -0.2) is 0 Å². The van der Waals surface area contributed by atoms with E-state index in [1.165, 1.54) is 12.1 Å². The second-order valence-electron chi connectivity index (χ2n) is 4.24. The van der Waals surface area contributed by atoms with E-state index in [0.717, 1.165) is 18.4 Å². The minimum absolute atomic E-state index is 0.101. The Morgan fingerprint density at radius 1 is 1.42 bits per heavy atom. The average molecular weight is 271 g/mol. The first kappa shape index (κ1) is 13.7. The van der Waals surface area contributed by atoms with Crippen molar-refractivity contribution in [3.8, 4) is 5.75 Å². The average Bonchev–Trinajstić information content (AvgIpc) is 2.91. The first-order chi connectivity index (χ1) is 9.15. The second-order valence-corrected chi connectivity index (χ2v) is 4.24. The van der Waals surface area contributed by atoms with Gasteiger partial charge in [-0.3, -0.25) is 4.79 Å². The third-order valence-corrected chi connectivity index (χ3v) is 2.84. The summed E-state index contributed by atoms with van der Waals surface area (Å²) in [6.07, 6.45) is 1.28. The van der Waals surface area contributed by atoms with Crippen LogP contribution in [-0.2, 0) is 16.1 Å². The van der Waals surface area contributed by atoms with E-state index in [9.17, 15) is 13.6 Å². The van der Waals surface area contributed by atoms with E-state index in [2.05, 4.69) is 10.1 Å². The number of rotatable bonds is 5. The van der Waals surface area contributed by atoms with E-state index in [1.54, 1.807) is 12.1 Å². The van der Waals surface area contributed by atoms with Gasteiger partial charge in [0.2, 0.25) is 5.91 Å². The van der Waals surface area contributed by atoms with Crippen molar-refractivity contribution in [1.82, 2.24) is 5.32 Å². The van der Waals surface area contributed by atoms with Gasteiger partial charge in [-0.05, 0) is 30.5 Å². The van der Waals surface area contributed by atoms with Crippen molar-refractivity contribution in [3.63, 3.8) is 0 Å². The molecule has 1 atom stereocenters. The van der Waals surface area contributed by atoms with Crippen LogP contribution in [0.3, 0.4) is 0 Å². The number of carbonyl (C=O) groups excluding carboxylic acids is 1. The van der Waals surface area contributed by atoms with Crippen LogP contribution in [0.15, 0.2) is 24.3 Å². The molecule has 6 heteroatoms. The molecule has 1 aromatic rings. The van der Waals surface area contributed by atoms with Crippen LogP contribution >= 0.6 is 0 Å². The standard InChI is InChI=1S/C13H15F2NO3/c14-13(15)19-10-5-3-9(4-6-10)8-16-12(17)11-2-1-7-18-11/h3-6,11,13H,1-2,7-8H2,(H,16,17)/t11-/m0/s1. The molecule has 1 N–H and O–H groups in total. The molecule has 1 aromatic carbocycles. The van der Waals surface area contributed by atoms with Gasteiger partial charge in [-0.1, -0.05) is 12.1 Å². The van der Waals surface area contributed by atoms with Crippen LogP contribution < -0.4 is 10.1 Å². The van der Waals surface area contributed by atoms with Crippen molar-refractivity contribution in [1.29, 1.82) is 0 Å². The highest BCUT2D eigenvalue weighted by atomic mass is 19.3. The lowest BCUT2D eigenvalue weighted by atomic mass is 10.2. The predicted octanol–water partition coefficient (Wildman–Crippen LogP) is 2.08. The molecule has 1 heterocycles. The molecule has 0 spiro atoms. The first-order valence-electron chi connectivity index (χ1n) is 6.08. The zero-order chi connectivity index (χ0) is 13.7. The van der Waals surface area contributed by atoms with Gasteiger partial charge in [0, 0.05) is 13.2 Å². The number of amides is 1. The maximum absolute atomic E-state index is 12.0. The fourth-order valence-corrected chi connectivity index (χ4v) is 1.88. The van der Waals surface area contributed by atoms with Crippen LogP contribution in [0, 0.1) is 0 Å². The summed E-state index contributed by atoms with van der Waals surface area (Å²) in [4.78, 5) is 11.7. The van der Waals surface area contributed by atoms with Gasteiger partial charge in [0.25, 0.3) is 0 Å². The number of carbonyl (C=O) groups is 1. The Kier molecular flexibility index (Phi) is 4.68. The number of hydrogen-bond donors (Lipinski definition) is 1. The lowest BCUT2D eigenvalue weighted by molar-refractivity contribution is -0.130.